The van der Waals surface area contributed by atoms with E-state index in [0.29, 0.717) is 12.0 Å². The Bertz CT molecular complexity index is 318. The Balaban J connectivity index is 3.11. The summed E-state index contributed by atoms with van der Waals surface area (Å²) in [7, 11) is 6.13. The van der Waals surface area contributed by atoms with Gasteiger partial charge >= 0.3 is 0 Å². The molecule has 0 aromatic heterocycles. The van der Waals surface area contributed by atoms with Gasteiger partial charge in [-0.25, -0.2) is 8.78 Å². The second-order valence-electron chi connectivity index (χ2n) is 3.92. The van der Waals surface area contributed by atoms with Crippen molar-refractivity contribution in [3.63, 3.8) is 0 Å². The van der Waals surface area contributed by atoms with Crippen molar-refractivity contribution in [2.75, 3.05) is 0 Å². The monoisotopic (exact) mass is 208 g/mol. The van der Waals surface area contributed by atoms with Gasteiger partial charge in [-0.2, -0.15) is 0 Å². The first kappa shape index (κ1) is 12.2. The van der Waals surface area contributed by atoms with Crippen LogP contribution in [0.5, 0.6) is 0 Å². The molecule has 0 spiro atoms. The van der Waals surface area contributed by atoms with Crippen LogP contribution in [-0.2, 0) is 5.31 Å². The van der Waals surface area contributed by atoms with Crippen molar-refractivity contribution in [3.8, 4) is 0 Å². The highest BCUT2D eigenvalue weighted by Crippen LogP contribution is 2.30. The molecule has 0 N–H and O–H groups in total. The van der Waals surface area contributed by atoms with Gasteiger partial charge in [0.05, 0.1) is 7.85 Å². The summed E-state index contributed by atoms with van der Waals surface area (Å²) in [6.45, 7) is 3.94. The lowest BCUT2D eigenvalue weighted by molar-refractivity contribution is 0.511. The fraction of sp³-hybridized carbons (Fsp3) is 0.500. The molecule has 0 nitrogen and oxygen atoms in total. The topological polar surface area (TPSA) is 0 Å². The second-order valence-corrected chi connectivity index (χ2v) is 3.92. The Morgan fingerprint density at radius 3 is 2.07 bits per heavy atom. The van der Waals surface area contributed by atoms with E-state index in [9.17, 15) is 8.78 Å². The average Bonchev–Trinajstić information content (AvgIpc) is 2.16. The quantitative estimate of drug-likeness (QED) is 0.664. The standard InChI is InChI=1S/C12H15BF2/c1-3-5-12(13,4-2)9-6-10(14)8-11(15)7-9/h6-8H,3-5H2,1-2H3. The summed E-state index contributed by atoms with van der Waals surface area (Å²) in [5.41, 5.74) is 0.546. The van der Waals surface area contributed by atoms with Gasteiger partial charge in [-0.3, -0.25) is 0 Å². The molecule has 0 saturated carbocycles. The lowest BCUT2D eigenvalue weighted by Crippen LogP contribution is -2.25. The van der Waals surface area contributed by atoms with Crippen molar-refractivity contribution in [3.05, 3.63) is 35.4 Å². The van der Waals surface area contributed by atoms with Gasteiger partial charge in [0, 0.05) is 6.07 Å². The van der Waals surface area contributed by atoms with Crippen molar-refractivity contribution >= 4 is 7.85 Å². The van der Waals surface area contributed by atoms with E-state index in [1.54, 1.807) is 0 Å². The fourth-order valence-corrected chi connectivity index (χ4v) is 1.81. The Kier molecular flexibility index (Phi) is 3.89. The van der Waals surface area contributed by atoms with Crippen LogP contribution in [-0.4, -0.2) is 7.85 Å². The molecule has 0 saturated heterocycles. The Morgan fingerprint density at radius 1 is 1.13 bits per heavy atom. The third kappa shape index (κ3) is 2.80. The fourth-order valence-electron chi connectivity index (χ4n) is 1.81. The zero-order valence-electron chi connectivity index (χ0n) is 9.19. The molecule has 80 valence electrons. The maximum atomic E-state index is 13.0. The second kappa shape index (κ2) is 4.78. The van der Waals surface area contributed by atoms with Crippen LogP contribution in [0.3, 0.4) is 0 Å². The van der Waals surface area contributed by atoms with Gasteiger partial charge in [0.15, 0.2) is 0 Å². The summed E-state index contributed by atoms with van der Waals surface area (Å²) in [6.07, 6.45) is 2.29. The van der Waals surface area contributed by atoms with Crippen molar-refractivity contribution in [1.29, 1.82) is 0 Å². The minimum atomic E-state index is -0.613. The lowest BCUT2D eigenvalue weighted by Gasteiger charge is -2.29. The SMILES string of the molecule is [B]C(CC)(CCC)c1cc(F)cc(F)c1. The first-order valence-corrected chi connectivity index (χ1v) is 5.27. The van der Waals surface area contributed by atoms with Crippen LogP contribution in [0.25, 0.3) is 0 Å². The molecule has 0 bridgehead atoms. The lowest BCUT2D eigenvalue weighted by atomic mass is 9.60. The number of rotatable bonds is 4. The number of benzene rings is 1. The van der Waals surface area contributed by atoms with E-state index in [0.717, 1.165) is 18.9 Å². The first-order valence-electron chi connectivity index (χ1n) is 5.27. The Hall–Kier alpha value is -0.855. The molecule has 0 heterocycles. The smallest absolute Gasteiger partial charge is 0.126 e. The van der Waals surface area contributed by atoms with Crippen molar-refractivity contribution in [2.24, 2.45) is 0 Å². The molecular formula is C12H15BF2. The zero-order chi connectivity index (χ0) is 11.5. The Morgan fingerprint density at radius 2 is 1.67 bits per heavy atom. The van der Waals surface area contributed by atoms with Crippen LogP contribution in [0.4, 0.5) is 8.78 Å². The van der Waals surface area contributed by atoms with Crippen LogP contribution in [0.1, 0.15) is 38.7 Å². The molecule has 15 heavy (non-hydrogen) atoms. The normalized spacial score (nSPS) is 14.9. The average molecular weight is 208 g/mol. The molecule has 1 aromatic rings. The minimum Gasteiger partial charge on any atom is -0.207 e. The third-order valence-electron chi connectivity index (χ3n) is 2.76. The van der Waals surface area contributed by atoms with Gasteiger partial charge in [0.2, 0.25) is 0 Å². The number of hydrogen-bond donors (Lipinski definition) is 0. The van der Waals surface area contributed by atoms with Crippen LogP contribution in [0, 0.1) is 11.6 Å². The van der Waals surface area contributed by atoms with E-state index in [1.807, 2.05) is 13.8 Å². The number of halogens is 2. The minimum absolute atomic E-state index is 0.546. The highest BCUT2D eigenvalue weighted by Gasteiger charge is 2.23. The van der Waals surface area contributed by atoms with Crippen molar-refractivity contribution in [2.45, 2.75) is 38.4 Å². The molecule has 0 aliphatic carbocycles. The number of hydrogen-bond acceptors (Lipinski definition) is 0. The summed E-state index contributed by atoms with van der Waals surface area (Å²) >= 11 is 0. The predicted molar refractivity (Wildman–Crippen MR) is 59.0 cm³/mol. The summed E-state index contributed by atoms with van der Waals surface area (Å²) in [6, 6.07) is 3.51. The largest absolute Gasteiger partial charge is 0.207 e. The molecule has 0 aliphatic rings. The molecule has 0 fully saturated rings. The zero-order valence-corrected chi connectivity index (χ0v) is 9.19. The molecule has 0 amide bonds. The summed E-state index contributed by atoms with van der Waals surface area (Å²) in [5.74, 6) is -1.13. The van der Waals surface area contributed by atoms with Crippen LogP contribution < -0.4 is 0 Å². The van der Waals surface area contributed by atoms with Gasteiger partial charge in [-0.05, 0) is 23.0 Å². The molecule has 1 rings (SSSR count). The molecule has 1 unspecified atom stereocenters. The molecular weight excluding hydrogens is 193 g/mol. The van der Waals surface area contributed by atoms with Crippen LogP contribution in [0.2, 0.25) is 0 Å². The molecule has 1 aromatic carbocycles. The molecule has 0 aliphatic heterocycles. The van der Waals surface area contributed by atoms with E-state index in [4.69, 9.17) is 7.85 Å². The van der Waals surface area contributed by atoms with E-state index < -0.39 is 16.9 Å². The van der Waals surface area contributed by atoms with Crippen molar-refractivity contribution < 1.29 is 8.78 Å². The Labute approximate surface area is 91.1 Å². The van der Waals surface area contributed by atoms with Crippen molar-refractivity contribution in [1.82, 2.24) is 0 Å². The van der Waals surface area contributed by atoms with Gasteiger partial charge in [0.25, 0.3) is 0 Å². The summed E-state index contributed by atoms with van der Waals surface area (Å²) in [5, 5.41) is -0.613. The maximum absolute atomic E-state index is 13.0. The summed E-state index contributed by atoms with van der Waals surface area (Å²) < 4.78 is 26.1. The van der Waals surface area contributed by atoms with Gasteiger partial charge in [0.1, 0.15) is 11.6 Å². The predicted octanol–water partition coefficient (Wildman–Crippen LogP) is 3.54. The highest BCUT2D eigenvalue weighted by molar-refractivity contribution is 6.15. The van der Waals surface area contributed by atoms with E-state index >= 15 is 0 Å². The van der Waals surface area contributed by atoms with Crippen LogP contribution >= 0.6 is 0 Å². The first-order chi connectivity index (χ1) is 7.01. The van der Waals surface area contributed by atoms with E-state index in [2.05, 4.69) is 0 Å². The van der Waals surface area contributed by atoms with E-state index in [-0.39, 0.29) is 0 Å². The van der Waals surface area contributed by atoms with Gasteiger partial charge in [-0.15, -0.1) is 0 Å². The van der Waals surface area contributed by atoms with Crippen LogP contribution in [0.15, 0.2) is 18.2 Å². The van der Waals surface area contributed by atoms with E-state index in [1.165, 1.54) is 12.1 Å². The third-order valence-corrected chi connectivity index (χ3v) is 2.76. The maximum Gasteiger partial charge on any atom is 0.126 e. The highest BCUT2D eigenvalue weighted by atomic mass is 19.1. The summed E-state index contributed by atoms with van der Waals surface area (Å²) in [4.78, 5) is 0. The molecule has 1 atom stereocenters. The molecule has 2 radical (unpaired) electrons. The van der Waals surface area contributed by atoms with Gasteiger partial charge in [-0.1, -0.05) is 33.1 Å². The van der Waals surface area contributed by atoms with Gasteiger partial charge < -0.3 is 0 Å². The molecule has 3 heteroatoms.